The van der Waals surface area contributed by atoms with E-state index in [1.165, 1.54) is 49.8 Å². The minimum Gasteiger partial charge on any atom is -0.326 e. The van der Waals surface area contributed by atoms with Crippen molar-refractivity contribution in [2.75, 3.05) is 0 Å². The molecule has 2 rings (SSSR count). The lowest BCUT2D eigenvalue weighted by molar-refractivity contribution is 0.321. The molecule has 0 atom stereocenters. The van der Waals surface area contributed by atoms with Gasteiger partial charge in [0.1, 0.15) is 0 Å². The molecule has 1 aromatic rings. The molecular weight excluding hydrogens is 198 g/mol. The van der Waals surface area contributed by atoms with Crippen LogP contribution in [0.5, 0.6) is 0 Å². The van der Waals surface area contributed by atoms with Crippen LogP contribution in [0.1, 0.15) is 62.7 Å². The molecule has 3 nitrogen and oxygen atoms in total. The Labute approximate surface area is 98.0 Å². The average molecular weight is 221 g/mol. The van der Waals surface area contributed by atoms with Gasteiger partial charge in [0.2, 0.25) is 0 Å². The van der Waals surface area contributed by atoms with Crippen LogP contribution in [0.4, 0.5) is 0 Å². The highest BCUT2D eigenvalue weighted by atomic mass is 15.3. The Bertz CT molecular complexity index is 324. The highest BCUT2D eigenvalue weighted by Gasteiger charge is 2.19. The molecule has 2 N–H and O–H groups in total. The monoisotopic (exact) mass is 221 g/mol. The maximum Gasteiger partial charge on any atom is 0.0537 e. The van der Waals surface area contributed by atoms with Crippen LogP contribution in [0, 0.1) is 0 Å². The molecule has 0 radical (unpaired) electrons. The van der Waals surface area contributed by atoms with Crippen LogP contribution in [0.15, 0.2) is 6.20 Å². The minimum atomic E-state index is 0.627. The summed E-state index contributed by atoms with van der Waals surface area (Å²) in [6.45, 7) is 2.85. The van der Waals surface area contributed by atoms with Gasteiger partial charge in [-0.3, -0.25) is 4.68 Å². The highest BCUT2D eigenvalue weighted by Crippen LogP contribution is 2.29. The fourth-order valence-electron chi connectivity index (χ4n) is 2.75. The summed E-state index contributed by atoms with van der Waals surface area (Å²) in [7, 11) is 0. The van der Waals surface area contributed by atoms with Crippen molar-refractivity contribution in [1.29, 1.82) is 0 Å². The molecule has 0 saturated heterocycles. The van der Waals surface area contributed by atoms with E-state index in [1.54, 1.807) is 0 Å². The lowest BCUT2D eigenvalue weighted by Crippen LogP contribution is -2.17. The van der Waals surface area contributed by atoms with Crippen molar-refractivity contribution in [2.24, 2.45) is 5.73 Å². The predicted molar refractivity (Wildman–Crippen MR) is 66.2 cm³/mol. The molecule has 16 heavy (non-hydrogen) atoms. The zero-order chi connectivity index (χ0) is 11.4. The summed E-state index contributed by atoms with van der Waals surface area (Å²) in [6, 6.07) is 0.635. The Morgan fingerprint density at radius 3 is 2.75 bits per heavy atom. The second kappa shape index (κ2) is 5.48. The van der Waals surface area contributed by atoms with E-state index in [2.05, 4.69) is 16.7 Å². The van der Waals surface area contributed by atoms with Crippen LogP contribution in [0.25, 0.3) is 0 Å². The standard InChI is InChI=1S/C13H23N3/c1-2-6-13-11(9-14)10-15-16(13)12-7-4-3-5-8-12/h10,12H,2-9,14H2,1H3. The van der Waals surface area contributed by atoms with Gasteiger partial charge in [-0.25, -0.2) is 0 Å². The van der Waals surface area contributed by atoms with Crippen molar-refractivity contribution in [3.8, 4) is 0 Å². The first kappa shape index (κ1) is 11.6. The molecule has 0 aliphatic heterocycles. The van der Waals surface area contributed by atoms with E-state index >= 15 is 0 Å². The van der Waals surface area contributed by atoms with Crippen molar-refractivity contribution >= 4 is 0 Å². The van der Waals surface area contributed by atoms with Gasteiger partial charge in [-0.1, -0.05) is 32.6 Å². The molecule has 0 unspecified atom stereocenters. The second-order valence-electron chi connectivity index (χ2n) is 4.81. The number of nitrogens with zero attached hydrogens (tertiary/aromatic N) is 2. The van der Waals surface area contributed by atoms with Crippen LogP contribution >= 0.6 is 0 Å². The normalized spacial score (nSPS) is 17.9. The molecule has 1 aromatic heterocycles. The number of hydrogen-bond donors (Lipinski definition) is 1. The van der Waals surface area contributed by atoms with Crippen LogP contribution in [-0.4, -0.2) is 9.78 Å². The van der Waals surface area contributed by atoms with Gasteiger partial charge in [0.25, 0.3) is 0 Å². The number of rotatable bonds is 4. The minimum absolute atomic E-state index is 0.627. The van der Waals surface area contributed by atoms with Crippen molar-refractivity contribution in [2.45, 2.75) is 64.5 Å². The molecule has 3 heteroatoms. The van der Waals surface area contributed by atoms with Crippen molar-refractivity contribution in [3.05, 3.63) is 17.5 Å². The third-order valence-corrected chi connectivity index (χ3v) is 3.61. The summed E-state index contributed by atoms with van der Waals surface area (Å²) >= 11 is 0. The van der Waals surface area contributed by atoms with E-state index in [1.807, 2.05) is 6.20 Å². The molecular formula is C13H23N3. The van der Waals surface area contributed by atoms with Gasteiger partial charge in [-0.05, 0) is 19.3 Å². The zero-order valence-corrected chi connectivity index (χ0v) is 10.3. The third-order valence-electron chi connectivity index (χ3n) is 3.61. The summed E-state index contributed by atoms with van der Waals surface area (Å²) < 4.78 is 2.27. The van der Waals surface area contributed by atoms with Crippen LogP contribution in [-0.2, 0) is 13.0 Å². The van der Waals surface area contributed by atoms with Gasteiger partial charge in [-0.2, -0.15) is 5.10 Å². The average Bonchev–Trinajstić information content (AvgIpc) is 2.74. The summed E-state index contributed by atoms with van der Waals surface area (Å²) in [6.07, 6.45) is 10.9. The summed E-state index contributed by atoms with van der Waals surface area (Å²) in [5, 5.41) is 4.57. The predicted octanol–water partition coefficient (Wildman–Crippen LogP) is 2.80. The van der Waals surface area contributed by atoms with Crippen LogP contribution in [0.3, 0.4) is 0 Å². The number of aromatic nitrogens is 2. The van der Waals surface area contributed by atoms with Crippen molar-refractivity contribution < 1.29 is 0 Å². The molecule has 1 fully saturated rings. The first-order valence-electron chi connectivity index (χ1n) is 6.62. The Hall–Kier alpha value is -0.830. The maximum absolute atomic E-state index is 5.77. The Morgan fingerprint density at radius 1 is 1.38 bits per heavy atom. The molecule has 0 aromatic carbocycles. The SMILES string of the molecule is CCCc1c(CN)cnn1C1CCCCC1. The van der Waals surface area contributed by atoms with Crippen LogP contribution in [0.2, 0.25) is 0 Å². The van der Waals surface area contributed by atoms with Crippen LogP contribution < -0.4 is 5.73 Å². The van der Waals surface area contributed by atoms with Crippen molar-refractivity contribution in [1.82, 2.24) is 9.78 Å². The molecule has 1 heterocycles. The quantitative estimate of drug-likeness (QED) is 0.849. The van der Waals surface area contributed by atoms with E-state index in [9.17, 15) is 0 Å². The second-order valence-corrected chi connectivity index (χ2v) is 4.81. The van der Waals surface area contributed by atoms with Gasteiger partial charge in [-0.15, -0.1) is 0 Å². The highest BCUT2D eigenvalue weighted by molar-refractivity contribution is 5.18. The number of hydrogen-bond acceptors (Lipinski definition) is 2. The van der Waals surface area contributed by atoms with Crippen molar-refractivity contribution in [3.63, 3.8) is 0 Å². The first-order valence-corrected chi connectivity index (χ1v) is 6.62. The van der Waals surface area contributed by atoms with E-state index in [0.29, 0.717) is 12.6 Å². The van der Waals surface area contributed by atoms with E-state index in [-0.39, 0.29) is 0 Å². The van der Waals surface area contributed by atoms with E-state index in [0.717, 1.165) is 6.42 Å². The molecule has 1 aliphatic rings. The smallest absolute Gasteiger partial charge is 0.0537 e. The number of nitrogens with two attached hydrogens (primary N) is 1. The lowest BCUT2D eigenvalue weighted by Gasteiger charge is -2.24. The molecule has 0 amide bonds. The fraction of sp³-hybridized carbons (Fsp3) is 0.769. The topological polar surface area (TPSA) is 43.8 Å². The largest absolute Gasteiger partial charge is 0.326 e. The Kier molecular flexibility index (Phi) is 3.99. The Morgan fingerprint density at radius 2 is 2.12 bits per heavy atom. The van der Waals surface area contributed by atoms with Gasteiger partial charge in [0.05, 0.1) is 12.2 Å². The molecule has 1 saturated carbocycles. The zero-order valence-electron chi connectivity index (χ0n) is 10.3. The van der Waals surface area contributed by atoms with E-state index in [4.69, 9.17) is 5.73 Å². The molecule has 1 aliphatic carbocycles. The molecule has 0 bridgehead atoms. The van der Waals surface area contributed by atoms with Gasteiger partial charge in [0.15, 0.2) is 0 Å². The summed E-state index contributed by atoms with van der Waals surface area (Å²) in [4.78, 5) is 0. The summed E-state index contributed by atoms with van der Waals surface area (Å²) in [5.41, 5.74) is 8.40. The maximum atomic E-state index is 5.77. The lowest BCUT2D eigenvalue weighted by atomic mass is 9.95. The Balaban J connectivity index is 2.20. The van der Waals surface area contributed by atoms with E-state index < -0.39 is 0 Å². The first-order chi connectivity index (χ1) is 7.86. The van der Waals surface area contributed by atoms with Gasteiger partial charge >= 0.3 is 0 Å². The third kappa shape index (κ3) is 2.29. The van der Waals surface area contributed by atoms with Gasteiger partial charge in [0, 0.05) is 17.8 Å². The van der Waals surface area contributed by atoms with Gasteiger partial charge < -0.3 is 5.73 Å². The fourth-order valence-corrected chi connectivity index (χ4v) is 2.75. The summed E-state index contributed by atoms with van der Waals surface area (Å²) in [5.74, 6) is 0. The molecule has 90 valence electrons. The molecule has 0 spiro atoms.